The summed E-state index contributed by atoms with van der Waals surface area (Å²) in [5.41, 5.74) is 2.67. The van der Waals surface area contributed by atoms with Gasteiger partial charge in [0.15, 0.2) is 0 Å². The van der Waals surface area contributed by atoms with Crippen LogP contribution in [0.3, 0.4) is 0 Å². The minimum absolute atomic E-state index is 0.0737. The number of hydrogen-bond donors (Lipinski definition) is 0. The maximum Gasteiger partial charge on any atom is 0.256 e. The minimum atomic E-state index is -3.61. The molecule has 0 bridgehead atoms. The third-order valence-electron chi connectivity index (χ3n) is 6.64. The van der Waals surface area contributed by atoms with E-state index in [0.29, 0.717) is 18.7 Å². The van der Waals surface area contributed by atoms with Gasteiger partial charge in [0, 0.05) is 65.6 Å². The van der Waals surface area contributed by atoms with E-state index >= 15 is 0 Å². The van der Waals surface area contributed by atoms with E-state index in [9.17, 15) is 13.2 Å². The number of rotatable bonds is 7. The van der Waals surface area contributed by atoms with Crippen molar-refractivity contribution in [3.05, 3.63) is 59.7 Å². The first-order valence-electron chi connectivity index (χ1n) is 11.7. The van der Waals surface area contributed by atoms with Crippen molar-refractivity contribution in [1.29, 1.82) is 0 Å². The van der Waals surface area contributed by atoms with Crippen LogP contribution in [0.15, 0.2) is 53.4 Å². The molecule has 7 nitrogen and oxygen atoms in total. The van der Waals surface area contributed by atoms with Gasteiger partial charge in [-0.1, -0.05) is 30.3 Å². The first-order valence-corrected chi connectivity index (χ1v) is 13.2. The fourth-order valence-corrected chi connectivity index (χ4v) is 5.50. The standard InChI is InChI=1S/C25H34N4O3S/c1-26(2)33(31,32)22-10-11-24(28-13-6-7-14-28)23(20-22)25(30)29-18-16-27(17-19-29)15-12-21-8-4-3-5-9-21/h3-5,8-11,20H,6-7,12-19H2,1-2H3. The largest absolute Gasteiger partial charge is 0.371 e. The van der Waals surface area contributed by atoms with Gasteiger partial charge in [-0.25, -0.2) is 12.7 Å². The van der Waals surface area contributed by atoms with Gasteiger partial charge >= 0.3 is 0 Å². The van der Waals surface area contributed by atoms with E-state index in [2.05, 4.69) is 34.1 Å². The molecular weight excluding hydrogens is 436 g/mol. The molecule has 8 heteroatoms. The minimum Gasteiger partial charge on any atom is -0.371 e. The summed E-state index contributed by atoms with van der Waals surface area (Å²) in [4.78, 5) is 20.2. The quantitative estimate of drug-likeness (QED) is 0.622. The number of benzene rings is 2. The molecule has 0 spiro atoms. The van der Waals surface area contributed by atoms with E-state index in [1.165, 1.54) is 24.0 Å². The summed E-state index contributed by atoms with van der Waals surface area (Å²) in [6.45, 7) is 5.72. The zero-order valence-electron chi connectivity index (χ0n) is 19.6. The average molecular weight is 471 g/mol. The third-order valence-corrected chi connectivity index (χ3v) is 8.45. The van der Waals surface area contributed by atoms with Crippen molar-refractivity contribution in [2.24, 2.45) is 0 Å². The van der Waals surface area contributed by atoms with Crippen molar-refractivity contribution in [1.82, 2.24) is 14.1 Å². The zero-order valence-corrected chi connectivity index (χ0v) is 20.4. The van der Waals surface area contributed by atoms with Crippen LogP contribution in [0.25, 0.3) is 0 Å². The SMILES string of the molecule is CN(C)S(=O)(=O)c1ccc(N2CCCC2)c(C(=O)N2CCN(CCc3ccccc3)CC2)c1. The lowest BCUT2D eigenvalue weighted by Crippen LogP contribution is -2.49. The average Bonchev–Trinajstić information content (AvgIpc) is 3.37. The van der Waals surface area contributed by atoms with E-state index in [4.69, 9.17) is 0 Å². The monoisotopic (exact) mass is 470 g/mol. The van der Waals surface area contributed by atoms with Gasteiger partial charge in [0.25, 0.3) is 5.91 Å². The Hall–Kier alpha value is -2.42. The van der Waals surface area contributed by atoms with Gasteiger partial charge < -0.3 is 9.80 Å². The van der Waals surface area contributed by atoms with Crippen molar-refractivity contribution in [3.8, 4) is 0 Å². The molecule has 2 aromatic rings. The number of amides is 1. The Balaban J connectivity index is 1.48. The van der Waals surface area contributed by atoms with E-state index < -0.39 is 10.0 Å². The van der Waals surface area contributed by atoms with Gasteiger partial charge in [-0.3, -0.25) is 9.69 Å². The summed E-state index contributed by atoms with van der Waals surface area (Å²) in [5.74, 6) is -0.0737. The van der Waals surface area contributed by atoms with Crippen molar-refractivity contribution < 1.29 is 13.2 Å². The molecule has 2 aliphatic rings. The number of anilines is 1. The Labute approximate surface area is 197 Å². The molecular formula is C25H34N4O3S. The molecule has 1 amide bonds. The number of carbonyl (C=O) groups is 1. The van der Waals surface area contributed by atoms with Crippen LogP contribution in [-0.2, 0) is 16.4 Å². The molecule has 178 valence electrons. The summed E-state index contributed by atoms with van der Waals surface area (Å²) >= 11 is 0. The van der Waals surface area contributed by atoms with Gasteiger partial charge in [-0.2, -0.15) is 0 Å². The molecule has 0 aromatic heterocycles. The smallest absolute Gasteiger partial charge is 0.256 e. The Kier molecular flexibility index (Phi) is 7.36. The van der Waals surface area contributed by atoms with Crippen molar-refractivity contribution in [2.45, 2.75) is 24.2 Å². The summed E-state index contributed by atoms with van der Waals surface area (Å²) in [6.07, 6.45) is 3.18. The Morgan fingerprint density at radius 1 is 0.909 bits per heavy atom. The molecule has 0 unspecified atom stereocenters. The Bertz CT molecular complexity index is 1060. The lowest BCUT2D eigenvalue weighted by atomic mass is 10.1. The molecule has 0 N–H and O–H groups in total. The maximum absolute atomic E-state index is 13.6. The predicted molar refractivity (Wildman–Crippen MR) is 131 cm³/mol. The molecule has 0 radical (unpaired) electrons. The predicted octanol–water partition coefficient (Wildman–Crippen LogP) is 2.54. The van der Waals surface area contributed by atoms with E-state index in [1.54, 1.807) is 12.1 Å². The van der Waals surface area contributed by atoms with Crippen molar-refractivity contribution >= 4 is 21.6 Å². The summed E-state index contributed by atoms with van der Waals surface area (Å²) < 4.78 is 26.6. The lowest BCUT2D eigenvalue weighted by Gasteiger charge is -2.35. The van der Waals surface area contributed by atoms with Crippen LogP contribution in [0.4, 0.5) is 5.69 Å². The number of nitrogens with zero attached hydrogens (tertiary/aromatic N) is 4. The number of carbonyl (C=O) groups excluding carboxylic acids is 1. The van der Waals surface area contributed by atoms with Gasteiger partial charge in [0.2, 0.25) is 10.0 Å². The summed E-state index contributed by atoms with van der Waals surface area (Å²) in [5, 5.41) is 0. The van der Waals surface area contributed by atoms with Crippen LogP contribution >= 0.6 is 0 Å². The number of piperazine rings is 1. The van der Waals surface area contributed by atoms with Crippen LogP contribution in [0, 0.1) is 0 Å². The van der Waals surface area contributed by atoms with Gasteiger partial charge in [0.1, 0.15) is 0 Å². The normalized spacial score (nSPS) is 17.7. The fourth-order valence-electron chi connectivity index (χ4n) is 4.57. The molecule has 2 aromatic carbocycles. The molecule has 2 fully saturated rings. The molecule has 0 aliphatic carbocycles. The highest BCUT2D eigenvalue weighted by atomic mass is 32.2. The van der Waals surface area contributed by atoms with E-state index in [1.807, 2.05) is 17.0 Å². The van der Waals surface area contributed by atoms with Gasteiger partial charge in [-0.05, 0) is 43.0 Å². The highest BCUT2D eigenvalue weighted by molar-refractivity contribution is 7.89. The highest BCUT2D eigenvalue weighted by Crippen LogP contribution is 2.29. The zero-order chi connectivity index (χ0) is 23.4. The first kappa shape index (κ1) is 23.7. The maximum atomic E-state index is 13.6. The van der Waals surface area contributed by atoms with Gasteiger partial charge in [-0.15, -0.1) is 0 Å². The van der Waals surface area contributed by atoms with Crippen LogP contribution in [0.2, 0.25) is 0 Å². The second-order valence-electron chi connectivity index (χ2n) is 9.03. The van der Waals surface area contributed by atoms with Crippen LogP contribution < -0.4 is 4.90 Å². The van der Waals surface area contributed by atoms with Crippen molar-refractivity contribution in [2.75, 3.05) is 64.8 Å². The topological polar surface area (TPSA) is 64.2 Å². The second-order valence-corrected chi connectivity index (χ2v) is 11.2. The van der Waals surface area contributed by atoms with E-state index in [-0.39, 0.29) is 10.8 Å². The highest BCUT2D eigenvalue weighted by Gasteiger charge is 2.28. The molecule has 2 aliphatic heterocycles. The summed E-state index contributed by atoms with van der Waals surface area (Å²) in [6, 6.07) is 15.5. The van der Waals surface area contributed by atoms with Crippen LogP contribution in [0.5, 0.6) is 0 Å². The van der Waals surface area contributed by atoms with E-state index in [0.717, 1.165) is 57.7 Å². The fraction of sp³-hybridized carbons (Fsp3) is 0.480. The molecule has 33 heavy (non-hydrogen) atoms. The molecule has 0 saturated carbocycles. The molecule has 0 atom stereocenters. The Morgan fingerprint density at radius 2 is 1.58 bits per heavy atom. The number of hydrogen-bond acceptors (Lipinski definition) is 5. The Morgan fingerprint density at radius 3 is 2.21 bits per heavy atom. The molecule has 2 heterocycles. The lowest BCUT2D eigenvalue weighted by molar-refractivity contribution is 0.0639. The third kappa shape index (κ3) is 5.39. The first-order chi connectivity index (χ1) is 15.9. The van der Waals surface area contributed by atoms with Gasteiger partial charge in [0.05, 0.1) is 10.5 Å². The summed E-state index contributed by atoms with van der Waals surface area (Å²) in [7, 11) is -0.583. The molecule has 2 saturated heterocycles. The van der Waals surface area contributed by atoms with Crippen LogP contribution in [-0.4, -0.2) is 88.3 Å². The van der Waals surface area contributed by atoms with Crippen LogP contribution in [0.1, 0.15) is 28.8 Å². The second kappa shape index (κ2) is 10.2. The number of sulfonamides is 1. The van der Waals surface area contributed by atoms with Crippen molar-refractivity contribution in [3.63, 3.8) is 0 Å². The molecule has 4 rings (SSSR count).